The zero-order valence-electron chi connectivity index (χ0n) is 12.1. The molecule has 0 aromatic rings. The third-order valence-electron chi connectivity index (χ3n) is 3.08. The van der Waals surface area contributed by atoms with E-state index in [0.29, 0.717) is 13.0 Å². The molecule has 0 rings (SSSR count). The Balaban J connectivity index is 3.22. The van der Waals surface area contributed by atoms with Crippen LogP contribution in [-0.2, 0) is 9.53 Å². The fourth-order valence-electron chi connectivity index (χ4n) is 1.90. The van der Waals surface area contributed by atoms with E-state index in [0.717, 1.165) is 19.3 Å². The van der Waals surface area contributed by atoms with Gasteiger partial charge < -0.3 is 9.84 Å². The first kappa shape index (κ1) is 17.4. The molecule has 0 heterocycles. The maximum Gasteiger partial charge on any atom is 0.334 e. The number of carbonyl (C=O) groups is 1. The molecule has 18 heavy (non-hydrogen) atoms. The average Bonchev–Trinajstić information content (AvgIpc) is 2.36. The van der Waals surface area contributed by atoms with E-state index in [4.69, 9.17) is 4.74 Å². The molecule has 1 N–H and O–H groups in total. The summed E-state index contributed by atoms with van der Waals surface area (Å²) in [5.74, 6) is -0.459. The Labute approximate surface area is 112 Å². The summed E-state index contributed by atoms with van der Waals surface area (Å²) in [7, 11) is 0. The van der Waals surface area contributed by atoms with Crippen molar-refractivity contribution in [1.82, 2.24) is 0 Å². The molecule has 0 radical (unpaired) electrons. The molecular weight excluding hydrogens is 228 g/mol. The van der Waals surface area contributed by atoms with Gasteiger partial charge in [0.15, 0.2) is 6.10 Å². The van der Waals surface area contributed by atoms with Crippen LogP contribution in [0.15, 0.2) is 0 Å². The number of esters is 1. The molecule has 0 saturated heterocycles. The molecule has 3 nitrogen and oxygen atoms in total. The van der Waals surface area contributed by atoms with Crippen LogP contribution in [0.5, 0.6) is 0 Å². The van der Waals surface area contributed by atoms with E-state index in [9.17, 15) is 9.90 Å². The van der Waals surface area contributed by atoms with Gasteiger partial charge in [-0.3, -0.25) is 0 Å². The Morgan fingerprint density at radius 3 is 2.06 bits per heavy atom. The maximum atomic E-state index is 11.3. The highest BCUT2D eigenvalue weighted by Gasteiger charge is 2.14. The van der Waals surface area contributed by atoms with Gasteiger partial charge >= 0.3 is 5.97 Å². The Morgan fingerprint density at radius 2 is 1.50 bits per heavy atom. The smallest absolute Gasteiger partial charge is 0.334 e. The van der Waals surface area contributed by atoms with E-state index < -0.39 is 12.1 Å². The van der Waals surface area contributed by atoms with Crippen molar-refractivity contribution in [1.29, 1.82) is 0 Å². The minimum Gasteiger partial charge on any atom is -0.464 e. The number of ether oxygens (including phenoxy) is 1. The lowest BCUT2D eigenvalue weighted by molar-refractivity contribution is -0.154. The van der Waals surface area contributed by atoms with Crippen LogP contribution in [0, 0.1) is 0 Å². The molecule has 3 heteroatoms. The number of hydrogen-bond acceptors (Lipinski definition) is 3. The van der Waals surface area contributed by atoms with E-state index in [1.807, 2.05) is 6.92 Å². The van der Waals surface area contributed by atoms with Gasteiger partial charge in [-0.05, 0) is 12.8 Å². The first-order valence-corrected chi connectivity index (χ1v) is 7.57. The number of unbranched alkanes of at least 4 members (excludes halogenated alkanes) is 7. The Morgan fingerprint density at radius 1 is 0.944 bits per heavy atom. The highest BCUT2D eigenvalue weighted by atomic mass is 16.5. The highest BCUT2D eigenvalue weighted by Crippen LogP contribution is 2.08. The molecule has 1 unspecified atom stereocenters. The van der Waals surface area contributed by atoms with Crippen LogP contribution in [-0.4, -0.2) is 23.8 Å². The predicted molar refractivity (Wildman–Crippen MR) is 74.5 cm³/mol. The standard InChI is InChI=1S/C15H30O3/c1-3-5-6-7-8-9-10-11-13-18-15(17)14(16)12-4-2/h14,16H,3-13H2,1-2H3. The van der Waals surface area contributed by atoms with Crippen molar-refractivity contribution in [3.63, 3.8) is 0 Å². The lowest BCUT2D eigenvalue weighted by atomic mass is 10.1. The molecule has 0 amide bonds. The molecular formula is C15H30O3. The van der Waals surface area contributed by atoms with Gasteiger partial charge in [0.1, 0.15) is 0 Å². The average molecular weight is 258 g/mol. The molecule has 0 spiro atoms. The minimum absolute atomic E-state index is 0.453. The minimum atomic E-state index is -0.927. The quantitative estimate of drug-likeness (QED) is 0.427. The lowest BCUT2D eigenvalue weighted by Gasteiger charge is -2.09. The molecule has 0 aromatic heterocycles. The van der Waals surface area contributed by atoms with Gasteiger partial charge in [0.2, 0.25) is 0 Å². The molecule has 0 aliphatic heterocycles. The van der Waals surface area contributed by atoms with Gasteiger partial charge in [-0.15, -0.1) is 0 Å². The Kier molecular flexibility index (Phi) is 12.5. The van der Waals surface area contributed by atoms with Crippen LogP contribution >= 0.6 is 0 Å². The number of hydrogen-bond donors (Lipinski definition) is 1. The van der Waals surface area contributed by atoms with E-state index in [1.165, 1.54) is 38.5 Å². The van der Waals surface area contributed by atoms with Crippen LogP contribution in [0.2, 0.25) is 0 Å². The number of rotatable bonds is 12. The number of carbonyl (C=O) groups excluding carboxylic acids is 1. The molecule has 0 bridgehead atoms. The van der Waals surface area contributed by atoms with E-state index in [2.05, 4.69) is 6.92 Å². The van der Waals surface area contributed by atoms with Crippen molar-refractivity contribution in [3.05, 3.63) is 0 Å². The molecule has 0 aliphatic carbocycles. The van der Waals surface area contributed by atoms with Crippen LogP contribution in [0.1, 0.15) is 78.1 Å². The summed E-state index contributed by atoms with van der Waals surface area (Å²) in [5.41, 5.74) is 0. The normalized spacial score (nSPS) is 12.4. The maximum absolute atomic E-state index is 11.3. The second kappa shape index (κ2) is 12.9. The van der Waals surface area contributed by atoms with Crippen molar-refractivity contribution < 1.29 is 14.6 Å². The summed E-state index contributed by atoms with van der Waals surface area (Å²) in [6.07, 6.45) is 10.2. The first-order chi connectivity index (χ1) is 8.72. The zero-order valence-corrected chi connectivity index (χ0v) is 12.1. The van der Waals surface area contributed by atoms with Gasteiger partial charge in [0.25, 0.3) is 0 Å². The lowest BCUT2D eigenvalue weighted by Crippen LogP contribution is -2.23. The fraction of sp³-hybridized carbons (Fsp3) is 0.933. The van der Waals surface area contributed by atoms with E-state index >= 15 is 0 Å². The molecule has 0 fully saturated rings. The van der Waals surface area contributed by atoms with E-state index in [1.54, 1.807) is 0 Å². The van der Waals surface area contributed by atoms with Crippen molar-refractivity contribution >= 4 is 5.97 Å². The van der Waals surface area contributed by atoms with Crippen LogP contribution in [0.25, 0.3) is 0 Å². The Hall–Kier alpha value is -0.570. The predicted octanol–water partition coefficient (Wildman–Crippen LogP) is 3.83. The van der Waals surface area contributed by atoms with Gasteiger partial charge in [-0.25, -0.2) is 4.79 Å². The zero-order chi connectivity index (χ0) is 13.6. The summed E-state index contributed by atoms with van der Waals surface area (Å²) < 4.78 is 5.01. The number of aliphatic hydroxyl groups excluding tert-OH is 1. The molecule has 0 aromatic carbocycles. The van der Waals surface area contributed by atoms with Gasteiger partial charge in [-0.2, -0.15) is 0 Å². The second-order valence-electron chi connectivity index (χ2n) is 4.95. The van der Waals surface area contributed by atoms with Crippen molar-refractivity contribution in [3.8, 4) is 0 Å². The largest absolute Gasteiger partial charge is 0.464 e. The molecule has 0 aliphatic rings. The summed E-state index contributed by atoms with van der Waals surface area (Å²) >= 11 is 0. The summed E-state index contributed by atoms with van der Waals surface area (Å²) in [6, 6.07) is 0. The van der Waals surface area contributed by atoms with Gasteiger partial charge in [-0.1, -0.05) is 65.2 Å². The van der Waals surface area contributed by atoms with E-state index in [-0.39, 0.29) is 0 Å². The van der Waals surface area contributed by atoms with Crippen LogP contribution in [0.4, 0.5) is 0 Å². The van der Waals surface area contributed by atoms with Crippen molar-refractivity contribution in [2.24, 2.45) is 0 Å². The third-order valence-corrected chi connectivity index (χ3v) is 3.08. The Bertz CT molecular complexity index is 192. The van der Waals surface area contributed by atoms with Crippen LogP contribution < -0.4 is 0 Å². The van der Waals surface area contributed by atoms with Crippen molar-refractivity contribution in [2.45, 2.75) is 84.2 Å². The third kappa shape index (κ3) is 10.6. The molecule has 1 atom stereocenters. The van der Waals surface area contributed by atoms with Gasteiger partial charge in [0, 0.05) is 0 Å². The first-order valence-electron chi connectivity index (χ1n) is 7.57. The SMILES string of the molecule is CCCCCCCCCCOC(=O)C(O)CCC. The summed E-state index contributed by atoms with van der Waals surface area (Å²) in [6.45, 7) is 4.62. The fourth-order valence-corrected chi connectivity index (χ4v) is 1.90. The summed E-state index contributed by atoms with van der Waals surface area (Å²) in [5, 5.41) is 9.37. The second-order valence-corrected chi connectivity index (χ2v) is 4.95. The highest BCUT2D eigenvalue weighted by molar-refractivity contribution is 5.74. The monoisotopic (exact) mass is 258 g/mol. The topological polar surface area (TPSA) is 46.5 Å². The van der Waals surface area contributed by atoms with Crippen LogP contribution in [0.3, 0.4) is 0 Å². The van der Waals surface area contributed by atoms with Gasteiger partial charge in [0.05, 0.1) is 6.61 Å². The number of aliphatic hydroxyl groups is 1. The van der Waals surface area contributed by atoms with Crippen molar-refractivity contribution in [2.75, 3.05) is 6.61 Å². The molecule has 108 valence electrons. The molecule has 0 saturated carbocycles. The summed E-state index contributed by atoms with van der Waals surface area (Å²) in [4.78, 5) is 11.3.